The molecule has 202 valence electrons. The lowest BCUT2D eigenvalue weighted by molar-refractivity contribution is -0.139. The van der Waals surface area contributed by atoms with Gasteiger partial charge in [0.2, 0.25) is 11.8 Å². The number of carbonyl (C=O) groups is 2. The molecule has 1 atom stereocenters. The summed E-state index contributed by atoms with van der Waals surface area (Å²) >= 11 is 0. The predicted molar refractivity (Wildman–Crippen MR) is 148 cm³/mol. The third-order valence-electron chi connectivity index (χ3n) is 6.00. The van der Waals surface area contributed by atoms with Gasteiger partial charge in [-0.2, -0.15) is 0 Å². The van der Waals surface area contributed by atoms with E-state index >= 15 is 0 Å². The minimum Gasteiger partial charge on any atom is -0.497 e. The van der Waals surface area contributed by atoms with Crippen molar-refractivity contribution in [3.05, 3.63) is 90.0 Å². The Balaban J connectivity index is 2.02. The Morgan fingerprint density at radius 3 is 2.16 bits per heavy atom. The van der Waals surface area contributed by atoms with Crippen LogP contribution < -0.4 is 14.4 Å². The molecule has 0 aliphatic heterocycles. The summed E-state index contributed by atoms with van der Waals surface area (Å²) in [6.45, 7) is 6.94. The van der Waals surface area contributed by atoms with Gasteiger partial charge in [-0.05, 0) is 69.7 Å². The standard InChI is InChI=1S/C29H35N3O5S/c1-21(2)30-29(34)23(4)31(19-24-11-9-10-22(3)18-24)28(33)20-32(25-14-16-26(37-5)17-15-25)38(35,36)27-12-7-6-8-13-27/h6-18,21,23H,19-20H2,1-5H3,(H,30,34)/t23-/m0/s1. The Bertz CT molecular complexity index is 1340. The minimum absolute atomic E-state index is 0.0550. The van der Waals surface area contributed by atoms with Crippen molar-refractivity contribution in [2.24, 2.45) is 0 Å². The molecule has 1 N–H and O–H groups in total. The topological polar surface area (TPSA) is 96.0 Å². The highest BCUT2D eigenvalue weighted by molar-refractivity contribution is 7.92. The Kier molecular flexibility index (Phi) is 9.52. The van der Waals surface area contributed by atoms with Gasteiger partial charge < -0.3 is 15.0 Å². The van der Waals surface area contributed by atoms with Crippen LogP contribution in [0.2, 0.25) is 0 Å². The number of benzene rings is 3. The number of ether oxygens (including phenoxy) is 1. The molecule has 0 spiro atoms. The first-order valence-corrected chi connectivity index (χ1v) is 13.8. The van der Waals surface area contributed by atoms with Crippen molar-refractivity contribution in [2.75, 3.05) is 18.0 Å². The second-order valence-corrected chi connectivity index (χ2v) is 11.2. The van der Waals surface area contributed by atoms with Crippen molar-refractivity contribution in [2.45, 2.75) is 51.2 Å². The average Bonchev–Trinajstić information content (AvgIpc) is 2.90. The summed E-state index contributed by atoms with van der Waals surface area (Å²) in [7, 11) is -2.58. The van der Waals surface area contributed by atoms with Crippen molar-refractivity contribution in [3.8, 4) is 5.75 Å². The molecular weight excluding hydrogens is 502 g/mol. The molecule has 9 heteroatoms. The van der Waals surface area contributed by atoms with Crippen LogP contribution in [0.5, 0.6) is 5.75 Å². The quantitative estimate of drug-likeness (QED) is 0.397. The highest BCUT2D eigenvalue weighted by atomic mass is 32.2. The number of hydrogen-bond acceptors (Lipinski definition) is 5. The molecule has 3 aromatic carbocycles. The van der Waals surface area contributed by atoms with Crippen LogP contribution in [0.25, 0.3) is 0 Å². The van der Waals surface area contributed by atoms with Crippen molar-refractivity contribution in [1.82, 2.24) is 10.2 Å². The third-order valence-corrected chi connectivity index (χ3v) is 7.79. The lowest BCUT2D eigenvalue weighted by Crippen LogP contribution is -2.52. The van der Waals surface area contributed by atoms with E-state index in [1.165, 1.54) is 24.1 Å². The number of methoxy groups -OCH3 is 1. The fourth-order valence-corrected chi connectivity index (χ4v) is 5.43. The zero-order valence-corrected chi connectivity index (χ0v) is 23.2. The Labute approximate surface area is 225 Å². The van der Waals surface area contributed by atoms with E-state index in [-0.39, 0.29) is 23.4 Å². The van der Waals surface area contributed by atoms with Gasteiger partial charge in [0, 0.05) is 12.6 Å². The SMILES string of the molecule is COc1ccc(N(CC(=O)N(Cc2cccc(C)c2)[C@@H](C)C(=O)NC(C)C)S(=O)(=O)c2ccccc2)cc1. The van der Waals surface area contributed by atoms with Crippen LogP contribution in [0.1, 0.15) is 31.9 Å². The molecule has 38 heavy (non-hydrogen) atoms. The number of amides is 2. The molecule has 0 radical (unpaired) electrons. The van der Waals surface area contributed by atoms with Crippen LogP contribution in [0, 0.1) is 6.92 Å². The van der Waals surface area contributed by atoms with Crippen molar-refractivity contribution in [3.63, 3.8) is 0 Å². The molecule has 0 heterocycles. The predicted octanol–water partition coefficient (Wildman–Crippen LogP) is 4.14. The Morgan fingerprint density at radius 2 is 1.58 bits per heavy atom. The second kappa shape index (κ2) is 12.6. The largest absolute Gasteiger partial charge is 0.497 e. The Morgan fingerprint density at radius 1 is 0.921 bits per heavy atom. The molecule has 3 aromatic rings. The Hall–Kier alpha value is -3.85. The van der Waals surface area contributed by atoms with Gasteiger partial charge in [-0.15, -0.1) is 0 Å². The van der Waals surface area contributed by atoms with E-state index in [1.807, 2.05) is 45.0 Å². The van der Waals surface area contributed by atoms with Gasteiger partial charge in [-0.3, -0.25) is 13.9 Å². The van der Waals surface area contributed by atoms with Crippen LogP contribution >= 0.6 is 0 Å². The summed E-state index contributed by atoms with van der Waals surface area (Å²) in [5.41, 5.74) is 2.16. The zero-order valence-electron chi connectivity index (χ0n) is 22.4. The lowest BCUT2D eigenvalue weighted by atomic mass is 10.1. The molecule has 8 nitrogen and oxygen atoms in total. The fraction of sp³-hybridized carbons (Fsp3) is 0.310. The van der Waals surface area contributed by atoms with Crippen molar-refractivity contribution in [1.29, 1.82) is 0 Å². The molecule has 0 fully saturated rings. The van der Waals surface area contributed by atoms with Crippen LogP contribution in [-0.4, -0.2) is 50.9 Å². The number of aryl methyl sites for hydroxylation is 1. The molecule has 0 aliphatic carbocycles. The van der Waals surface area contributed by atoms with Gasteiger partial charge in [0.1, 0.15) is 18.3 Å². The van der Waals surface area contributed by atoms with Crippen molar-refractivity contribution < 1.29 is 22.7 Å². The van der Waals surface area contributed by atoms with Gasteiger partial charge in [-0.1, -0.05) is 48.0 Å². The monoisotopic (exact) mass is 537 g/mol. The maximum atomic E-state index is 13.9. The average molecular weight is 538 g/mol. The zero-order chi connectivity index (χ0) is 27.9. The lowest BCUT2D eigenvalue weighted by Gasteiger charge is -2.32. The normalized spacial score (nSPS) is 12.1. The molecule has 0 unspecified atom stereocenters. The molecule has 0 bridgehead atoms. The van der Waals surface area contributed by atoms with Gasteiger partial charge in [-0.25, -0.2) is 8.42 Å². The van der Waals surface area contributed by atoms with E-state index in [4.69, 9.17) is 4.74 Å². The molecule has 3 rings (SSSR count). The first-order valence-electron chi connectivity index (χ1n) is 12.4. The first-order chi connectivity index (χ1) is 18.0. The summed E-state index contributed by atoms with van der Waals surface area (Å²) < 4.78 is 33.8. The van der Waals surface area contributed by atoms with Gasteiger partial charge in [0.15, 0.2) is 0 Å². The van der Waals surface area contributed by atoms with Crippen LogP contribution in [-0.2, 0) is 26.2 Å². The molecule has 0 saturated heterocycles. The number of sulfonamides is 1. The number of nitrogens with zero attached hydrogens (tertiary/aromatic N) is 2. The highest BCUT2D eigenvalue weighted by Crippen LogP contribution is 2.26. The van der Waals surface area contributed by atoms with Gasteiger partial charge in [0.05, 0.1) is 17.7 Å². The molecule has 0 aliphatic rings. The molecule has 2 amide bonds. The highest BCUT2D eigenvalue weighted by Gasteiger charge is 2.32. The van der Waals surface area contributed by atoms with E-state index in [9.17, 15) is 18.0 Å². The van der Waals surface area contributed by atoms with Gasteiger partial charge >= 0.3 is 0 Å². The summed E-state index contributed by atoms with van der Waals surface area (Å²) in [6, 6.07) is 21.1. The molecule has 0 saturated carbocycles. The number of nitrogens with one attached hydrogen (secondary N) is 1. The number of hydrogen-bond donors (Lipinski definition) is 1. The van der Waals surface area contributed by atoms with Crippen molar-refractivity contribution >= 4 is 27.5 Å². The maximum absolute atomic E-state index is 13.9. The third kappa shape index (κ3) is 7.13. The number of rotatable bonds is 11. The van der Waals surface area contributed by atoms with E-state index in [1.54, 1.807) is 49.4 Å². The summed E-state index contributed by atoms with van der Waals surface area (Å²) in [4.78, 5) is 28.3. The number of anilines is 1. The summed E-state index contributed by atoms with van der Waals surface area (Å²) in [5.74, 6) is -0.270. The molecule has 0 aromatic heterocycles. The summed E-state index contributed by atoms with van der Waals surface area (Å²) in [6.07, 6.45) is 0. The first kappa shape index (κ1) is 28.7. The minimum atomic E-state index is -4.10. The smallest absolute Gasteiger partial charge is 0.264 e. The van der Waals surface area contributed by atoms with Crippen LogP contribution in [0.15, 0.2) is 83.8 Å². The second-order valence-electron chi connectivity index (χ2n) is 9.37. The van der Waals surface area contributed by atoms with E-state index < -0.39 is 28.5 Å². The van der Waals surface area contributed by atoms with Crippen LogP contribution in [0.3, 0.4) is 0 Å². The summed E-state index contributed by atoms with van der Waals surface area (Å²) in [5, 5.41) is 2.85. The van der Waals surface area contributed by atoms with E-state index in [0.717, 1.165) is 15.4 Å². The van der Waals surface area contributed by atoms with E-state index in [0.29, 0.717) is 11.4 Å². The maximum Gasteiger partial charge on any atom is 0.264 e. The van der Waals surface area contributed by atoms with E-state index in [2.05, 4.69) is 5.32 Å². The van der Waals surface area contributed by atoms with Gasteiger partial charge in [0.25, 0.3) is 10.0 Å². The van der Waals surface area contributed by atoms with Crippen LogP contribution in [0.4, 0.5) is 5.69 Å². The number of carbonyl (C=O) groups excluding carboxylic acids is 2. The fourth-order valence-electron chi connectivity index (χ4n) is 3.99. The molecular formula is C29H35N3O5S.